The smallest absolute Gasteiger partial charge is 0.354 e. The number of alkyl halides is 3. The second kappa shape index (κ2) is 8.67. The third-order valence-corrected chi connectivity index (χ3v) is 3.94. The quantitative estimate of drug-likeness (QED) is 0.278. The molecule has 0 atom stereocenters. The number of nitrogens with one attached hydrogen (secondary N) is 2. The van der Waals surface area contributed by atoms with E-state index in [1.165, 1.54) is 6.07 Å². The number of benzene rings is 1. The lowest BCUT2D eigenvalue weighted by Gasteiger charge is -2.13. The van der Waals surface area contributed by atoms with Crippen LogP contribution in [0, 0.1) is 10.1 Å². The van der Waals surface area contributed by atoms with E-state index in [1.807, 2.05) is 0 Å². The number of halogens is 3. The van der Waals surface area contributed by atoms with Gasteiger partial charge >= 0.3 is 12.1 Å². The van der Waals surface area contributed by atoms with Gasteiger partial charge in [0.15, 0.2) is 0 Å². The minimum absolute atomic E-state index is 0.0328. The summed E-state index contributed by atoms with van der Waals surface area (Å²) in [5.74, 6) is -3.99. The van der Waals surface area contributed by atoms with Gasteiger partial charge < -0.3 is 10.6 Å². The molecule has 2 rings (SSSR count). The van der Waals surface area contributed by atoms with Crippen molar-refractivity contribution >= 4 is 29.3 Å². The first kappa shape index (κ1) is 21.8. The van der Waals surface area contributed by atoms with E-state index >= 15 is 0 Å². The summed E-state index contributed by atoms with van der Waals surface area (Å²) < 4.78 is 35.9. The van der Waals surface area contributed by atoms with Crippen LogP contribution in [0.5, 0.6) is 0 Å². The Morgan fingerprint density at radius 3 is 2.31 bits per heavy atom. The molecule has 0 unspecified atom stereocenters. The number of carbonyl (C=O) groups excluding carboxylic acids is 4. The van der Waals surface area contributed by atoms with E-state index in [-0.39, 0.29) is 42.7 Å². The highest BCUT2D eigenvalue weighted by atomic mass is 19.4. The molecule has 29 heavy (non-hydrogen) atoms. The summed E-state index contributed by atoms with van der Waals surface area (Å²) in [5.41, 5.74) is -0.386. The van der Waals surface area contributed by atoms with Crippen molar-refractivity contribution in [2.45, 2.75) is 19.0 Å². The molecule has 1 aliphatic heterocycles. The van der Waals surface area contributed by atoms with Gasteiger partial charge in [-0.05, 0) is 12.5 Å². The predicted octanol–water partition coefficient (Wildman–Crippen LogP) is 0.766. The molecule has 0 fully saturated rings. The molecule has 1 aromatic rings. The van der Waals surface area contributed by atoms with Crippen LogP contribution in [-0.4, -0.2) is 59.3 Å². The molecule has 0 saturated heterocycles. The van der Waals surface area contributed by atoms with E-state index < -0.39 is 41.3 Å². The fraction of sp³-hybridized carbons (Fsp3) is 0.375. The van der Waals surface area contributed by atoms with Gasteiger partial charge in [-0.15, -0.1) is 0 Å². The fourth-order valence-corrected chi connectivity index (χ4v) is 2.56. The highest BCUT2D eigenvalue weighted by Crippen LogP contribution is 2.26. The van der Waals surface area contributed by atoms with Crippen LogP contribution in [0.15, 0.2) is 18.2 Å². The summed E-state index contributed by atoms with van der Waals surface area (Å²) in [6.45, 7) is -0.753. The van der Waals surface area contributed by atoms with E-state index in [2.05, 4.69) is 5.32 Å². The van der Waals surface area contributed by atoms with Gasteiger partial charge in [-0.3, -0.25) is 34.2 Å². The van der Waals surface area contributed by atoms with E-state index in [9.17, 15) is 42.5 Å². The maximum Gasteiger partial charge on any atom is 0.471 e. The number of hydrogen-bond acceptors (Lipinski definition) is 6. The lowest BCUT2D eigenvalue weighted by atomic mass is 10.1. The topological polar surface area (TPSA) is 139 Å². The zero-order chi connectivity index (χ0) is 21.8. The van der Waals surface area contributed by atoms with Gasteiger partial charge in [-0.25, -0.2) is 0 Å². The maximum absolute atomic E-state index is 12.3. The molecule has 0 saturated carbocycles. The Bertz CT molecular complexity index is 871. The van der Waals surface area contributed by atoms with Crippen molar-refractivity contribution < 1.29 is 37.3 Å². The number of rotatable bonds is 8. The second-order valence-electron chi connectivity index (χ2n) is 5.96. The first-order valence-corrected chi connectivity index (χ1v) is 8.28. The van der Waals surface area contributed by atoms with Crippen LogP contribution < -0.4 is 10.6 Å². The Balaban J connectivity index is 1.77. The van der Waals surface area contributed by atoms with Crippen LogP contribution in [0.3, 0.4) is 0 Å². The van der Waals surface area contributed by atoms with Crippen molar-refractivity contribution in [3.63, 3.8) is 0 Å². The lowest BCUT2D eigenvalue weighted by Crippen LogP contribution is -2.41. The molecule has 156 valence electrons. The Labute approximate surface area is 161 Å². The SMILES string of the molecule is O=C(CCCN1C(=O)c2ccc([N+](=O)[O-])cc2C1=O)NCCNC(=O)C(F)(F)F. The molecule has 0 aromatic heterocycles. The van der Waals surface area contributed by atoms with Gasteiger partial charge in [0.25, 0.3) is 17.5 Å². The van der Waals surface area contributed by atoms with Gasteiger partial charge in [0, 0.05) is 38.2 Å². The zero-order valence-corrected chi connectivity index (χ0v) is 14.7. The summed E-state index contributed by atoms with van der Waals surface area (Å²) in [4.78, 5) is 57.7. The summed E-state index contributed by atoms with van der Waals surface area (Å²) in [5, 5.41) is 14.7. The van der Waals surface area contributed by atoms with Crippen LogP contribution in [0.2, 0.25) is 0 Å². The molecule has 2 N–H and O–H groups in total. The molecule has 0 radical (unpaired) electrons. The third kappa shape index (κ3) is 5.27. The number of non-ortho nitro benzene ring substituents is 1. The molecular formula is C16H15F3N4O6. The second-order valence-corrected chi connectivity index (χ2v) is 5.96. The molecule has 10 nitrogen and oxygen atoms in total. The largest absolute Gasteiger partial charge is 0.471 e. The minimum atomic E-state index is -5.00. The van der Waals surface area contributed by atoms with Gasteiger partial charge in [-0.2, -0.15) is 13.2 Å². The van der Waals surface area contributed by atoms with E-state index in [4.69, 9.17) is 0 Å². The number of carbonyl (C=O) groups is 4. The van der Waals surface area contributed by atoms with Crippen LogP contribution in [0.25, 0.3) is 0 Å². The summed E-state index contributed by atoms with van der Waals surface area (Å²) in [7, 11) is 0. The Morgan fingerprint density at radius 1 is 1.07 bits per heavy atom. The fourth-order valence-electron chi connectivity index (χ4n) is 2.56. The van der Waals surface area contributed by atoms with Crippen LogP contribution >= 0.6 is 0 Å². The Kier molecular flexibility index (Phi) is 6.51. The average molecular weight is 416 g/mol. The number of amides is 4. The molecule has 1 heterocycles. The minimum Gasteiger partial charge on any atom is -0.354 e. The number of hydrogen-bond donors (Lipinski definition) is 2. The molecule has 4 amide bonds. The van der Waals surface area contributed by atoms with Crippen molar-refractivity contribution in [2.24, 2.45) is 0 Å². The first-order chi connectivity index (χ1) is 13.5. The van der Waals surface area contributed by atoms with Crippen molar-refractivity contribution in [1.82, 2.24) is 15.5 Å². The highest BCUT2D eigenvalue weighted by Gasteiger charge is 2.38. The van der Waals surface area contributed by atoms with Gasteiger partial charge in [0.1, 0.15) is 0 Å². The molecule has 1 aliphatic rings. The number of nitro benzene ring substituents is 1. The number of nitrogens with zero attached hydrogens (tertiary/aromatic N) is 2. The van der Waals surface area contributed by atoms with Gasteiger partial charge in [0.05, 0.1) is 16.1 Å². The van der Waals surface area contributed by atoms with Crippen molar-refractivity contribution in [1.29, 1.82) is 0 Å². The standard InChI is InChI=1S/C16H15F3N4O6/c17-16(18,19)15(27)21-6-5-20-12(24)2-1-7-22-13(25)10-4-3-9(23(28)29)8-11(10)14(22)26/h3-4,8H,1-2,5-7H2,(H,20,24)(H,21,27). The zero-order valence-electron chi connectivity index (χ0n) is 14.7. The Hall–Kier alpha value is -3.51. The van der Waals surface area contributed by atoms with Gasteiger partial charge in [-0.1, -0.05) is 0 Å². The van der Waals surface area contributed by atoms with Crippen molar-refractivity contribution in [2.75, 3.05) is 19.6 Å². The number of fused-ring (bicyclic) bond motifs is 1. The van der Waals surface area contributed by atoms with Crippen LogP contribution in [-0.2, 0) is 9.59 Å². The first-order valence-electron chi connectivity index (χ1n) is 8.28. The number of imide groups is 1. The van der Waals surface area contributed by atoms with E-state index in [0.29, 0.717) is 0 Å². The molecule has 1 aromatic carbocycles. The van der Waals surface area contributed by atoms with Crippen molar-refractivity contribution in [3.8, 4) is 0 Å². The average Bonchev–Trinajstić information content (AvgIpc) is 2.88. The van der Waals surface area contributed by atoms with E-state index in [0.717, 1.165) is 17.0 Å². The monoisotopic (exact) mass is 416 g/mol. The third-order valence-electron chi connectivity index (χ3n) is 3.94. The van der Waals surface area contributed by atoms with Gasteiger partial charge in [0.2, 0.25) is 5.91 Å². The lowest BCUT2D eigenvalue weighted by molar-refractivity contribution is -0.384. The maximum atomic E-state index is 12.3. The summed E-state index contributed by atoms with van der Waals surface area (Å²) >= 11 is 0. The predicted molar refractivity (Wildman–Crippen MR) is 89.8 cm³/mol. The molecular weight excluding hydrogens is 401 g/mol. The molecule has 13 heteroatoms. The van der Waals surface area contributed by atoms with E-state index in [1.54, 1.807) is 5.32 Å². The summed E-state index contributed by atoms with van der Waals surface area (Å²) in [6, 6.07) is 3.31. The Morgan fingerprint density at radius 2 is 1.69 bits per heavy atom. The molecule has 0 spiro atoms. The van der Waals surface area contributed by atoms with Crippen LogP contribution in [0.4, 0.5) is 18.9 Å². The summed E-state index contributed by atoms with van der Waals surface area (Å²) in [6.07, 6.45) is -5.05. The van der Waals surface area contributed by atoms with Crippen LogP contribution in [0.1, 0.15) is 33.6 Å². The number of nitro groups is 1. The normalized spacial score (nSPS) is 13.3. The molecule has 0 aliphatic carbocycles. The molecule has 0 bridgehead atoms. The van der Waals surface area contributed by atoms with Crippen molar-refractivity contribution in [3.05, 3.63) is 39.4 Å². The highest BCUT2D eigenvalue weighted by molar-refractivity contribution is 6.21.